The standard InChI is InChI=1S/CH3.Cr.2HI/h1H3;;2*1H/q-1;+3;;/p-2. The van der Waals surface area contributed by atoms with Crippen LogP contribution < -0.4 is 0 Å². The summed E-state index contributed by atoms with van der Waals surface area (Å²) in [6, 6.07) is 0. The molecule has 0 amide bonds. The van der Waals surface area contributed by atoms with Crippen molar-refractivity contribution in [1.82, 2.24) is 0 Å². The Morgan fingerprint density at radius 2 is 1.25 bits per heavy atom. The average molecular weight is 321 g/mol. The predicted molar refractivity (Wildman–Crippen MR) is 34.5 cm³/mol. The van der Waals surface area contributed by atoms with Crippen molar-refractivity contribution in [3.05, 3.63) is 7.43 Å². The van der Waals surface area contributed by atoms with Crippen LogP contribution in [0.2, 0.25) is 0 Å². The zero-order chi connectivity index (χ0) is 2.71. The van der Waals surface area contributed by atoms with Crippen molar-refractivity contribution in [2.45, 2.75) is 0 Å². The third kappa shape index (κ3) is 9.01. The summed E-state index contributed by atoms with van der Waals surface area (Å²) >= 11 is 4.68. The first-order valence-electron chi connectivity index (χ1n) is 0.309. The summed E-state index contributed by atoms with van der Waals surface area (Å²) in [5.41, 5.74) is 0. The normalized spacial score (nSPS) is 3.50. The van der Waals surface area contributed by atoms with Crippen LogP contribution >= 0.6 is 40.5 Å². The maximum atomic E-state index is 2.34. The van der Waals surface area contributed by atoms with Crippen LogP contribution in [0.15, 0.2) is 0 Å². The summed E-state index contributed by atoms with van der Waals surface area (Å²) < 4.78 is 0. The van der Waals surface area contributed by atoms with E-state index in [0.717, 1.165) is 8.65 Å². The first-order chi connectivity index (χ1) is 1.41. The molecule has 0 fully saturated rings. The fourth-order valence-electron chi connectivity index (χ4n) is 0. The van der Waals surface area contributed by atoms with Gasteiger partial charge in [0.2, 0.25) is 0 Å². The van der Waals surface area contributed by atoms with Gasteiger partial charge in [0.15, 0.2) is 0 Å². The van der Waals surface area contributed by atoms with Gasteiger partial charge >= 0.3 is 49.2 Å². The van der Waals surface area contributed by atoms with Gasteiger partial charge in [0.1, 0.15) is 0 Å². The van der Waals surface area contributed by atoms with E-state index in [1.165, 1.54) is 0 Å². The Kier molecular flexibility index (Phi) is 20.8. The fraction of sp³-hybridized carbons (Fsp3) is 0. The number of hydrogen-bond acceptors (Lipinski definition) is 0. The van der Waals surface area contributed by atoms with Crippen LogP contribution in [0.5, 0.6) is 0 Å². The zero-order valence-electron chi connectivity index (χ0n) is 2.16. The van der Waals surface area contributed by atoms with Gasteiger partial charge in [-0.1, -0.05) is 0 Å². The molecule has 4 heavy (non-hydrogen) atoms. The average Bonchev–Trinajstić information content (AvgIpc) is 0.918. The minimum atomic E-state index is 0. The Morgan fingerprint density at radius 3 is 1.25 bits per heavy atom. The van der Waals surface area contributed by atoms with Gasteiger partial charge in [-0.3, -0.25) is 0 Å². The quantitative estimate of drug-likeness (QED) is 0.474. The molecular formula is CH3CrI2. The molecule has 0 aliphatic carbocycles. The molecule has 0 atom stereocenters. The Labute approximate surface area is 55.8 Å². The van der Waals surface area contributed by atoms with Crippen LogP contribution in [0.1, 0.15) is 0 Å². The molecule has 0 unspecified atom stereocenters. The van der Waals surface area contributed by atoms with E-state index < -0.39 is 0 Å². The predicted octanol–water partition coefficient (Wildman–Crippen LogP) is 2.22. The number of halogens is 2. The molecule has 0 aromatic carbocycles. The van der Waals surface area contributed by atoms with Crippen molar-refractivity contribution in [3.63, 3.8) is 0 Å². The van der Waals surface area contributed by atoms with E-state index >= 15 is 0 Å². The molecule has 0 aromatic heterocycles. The molecular weight excluding hydrogens is 318 g/mol. The zero-order valence-corrected chi connectivity index (χ0v) is 7.75. The molecule has 0 saturated carbocycles. The number of rotatable bonds is 0. The molecule has 0 aromatic rings. The van der Waals surface area contributed by atoms with Gasteiger partial charge in [-0.2, -0.15) is 0 Å². The van der Waals surface area contributed by atoms with E-state index in [9.17, 15) is 0 Å². The van der Waals surface area contributed by atoms with E-state index in [1.807, 2.05) is 0 Å². The fourth-order valence-corrected chi connectivity index (χ4v) is 0. The third-order valence-electron chi connectivity index (χ3n) is 0. The Bertz CT molecular complexity index is 6.00. The van der Waals surface area contributed by atoms with Crippen molar-refractivity contribution in [2.75, 3.05) is 0 Å². The van der Waals surface area contributed by atoms with Gasteiger partial charge in [0.05, 0.1) is 0 Å². The Morgan fingerprint density at radius 1 is 1.25 bits per heavy atom. The van der Waals surface area contributed by atoms with Crippen LogP contribution in [-0.4, -0.2) is 0 Å². The van der Waals surface area contributed by atoms with Gasteiger partial charge in [0, 0.05) is 0 Å². The summed E-state index contributed by atoms with van der Waals surface area (Å²) in [5.74, 6) is 0. The second kappa shape index (κ2) is 8.89. The molecule has 0 N–H and O–H groups in total. The summed E-state index contributed by atoms with van der Waals surface area (Å²) in [6.07, 6.45) is 0. The van der Waals surface area contributed by atoms with Crippen molar-refractivity contribution < 1.29 is 8.65 Å². The number of hydrogen-bond donors (Lipinski definition) is 0. The monoisotopic (exact) mass is 321 g/mol. The van der Waals surface area contributed by atoms with Crippen molar-refractivity contribution in [3.8, 4) is 0 Å². The molecule has 0 aliphatic heterocycles. The summed E-state index contributed by atoms with van der Waals surface area (Å²) in [5, 5.41) is 0. The van der Waals surface area contributed by atoms with Gasteiger partial charge in [-0.05, 0) is 0 Å². The van der Waals surface area contributed by atoms with E-state index in [4.69, 9.17) is 0 Å². The van der Waals surface area contributed by atoms with E-state index in [0.29, 0.717) is 0 Å². The molecule has 3 heteroatoms. The van der Waals surface area contributed by atoms with Gasteiger partial charge in [-0.15, -0.1) is 0 Å². The Balaban J connectivity index is 0. The summed E-state index contributed by atoms with van der Waals surface area (Å²) in [7, 11) is 0.815. The third-order valence-corrected chi connectivity index (χ3v) is 0. The second-order valence-corrected chi connectivity index (χ2v) is 10.8. The maximum absolute atomic E-state index is 2.34. The molecule has 0 heterocycles. The molecule has 0 spiro atoms. The van der Waals surface area contributed by atoms with Gasteiger partial charge in [-0.25, -0.2) is 0 Å². The van der Waals surface area contributed by atoms with Crippen molar-refractivity contribution in [2.24, 2.45) is 0 Å². The first kappa shape index (κ1) is 9.37. The molecule has 0 radical (unpaired) electrons. The SMILES string of the molecule is [CH3-].[I][Cr+][I]. The van der Waals surface area contributed by atoms with Crippen LogP contribution in [-0.2, 0) is 8.65 Å². The first-order valence-corrected chi connectivity index (χ1v) is 8.54. The van der Waals surface area contributed by atoms with E-state index in [1.54, 1.807) is 0 Å². The van der Waals surface area contributed by atoms with E-state index in [-0.39, 0.29) is 7.43 Å². The van der Waals surface area contributed by atoms with Crippen LogP contribution in [0.4, 0.5) is 0 Å². The van der Waals surface area contributed by atoms with Crippen LogP contribution in [0.25, 0.3) is 0 Å². The van der Waals surface area contributed by atoms with Crippen LogP contribution in [0.3, 0.4) is 0 Å². The van der Waals surface area contributed by atoms with Crippen molar-refractivity contribution >= 4 is 40.5 Å². The van der Waals surface area contributed by atoms with E-state index in [2.05, 4.69) is 40.5 Å². The molecule has 0 saturated heterocycles. The molecule has 0 nitrogen and oxygen atoms in total. The summed E-state index contributed by atoms with van der Waals surface area (Å²) in [4.78, 5) is 0. The minimum absolute atomic E-state index is 0. The molecule has 0 bridgehead atoms. The molecule has 0 rings (SSSR count). The second-order valence-electron chi connectivity index (χ2n) is 0.0583. The summed E-state index contributed by atoms with van der Waals surface area (Å²) in [6.45, 7) is 0. The van der Waals surface area contributed by atoms with Gasteiger partial charge in [0.25, 0.3) is 0 Å². The van der Waals surface area contributed by atoms with Crippen molar-refractivity contribution in [1.29, 1.82) is 0 Å². The Hall–Kier alpha value is 1.99. The molecule has 0 aliphatic rings. The topological polar surface area (TPSA) is 0 Å². The molecule has 27 valence electrons. The van der Waals surface area contributed by atoms with Crippen LogP contribution in [0, 0.1) is 7.43 Å². The van der Waals surface area contributed by atoms with Gasteiger partial charge < -0.3 is 7.43 Å².